The van der Waals surface area contributed by atoms with Crippen molar-refractivity contribution in [1.82, 2.24) is 10.1 Å². The zero-order chi connectivity index (χ0) is 18.1. The van der Waals surface area contributed by atoms with E-state index in [4.69, 9.17) is 4.52 Å². The van der Waals surface area contributed by atoms with Gasteiger partial charge in [0, 0.05) is 28.4 Å². The van der Waals surface area contributed by atoms with Gasteiger partial charge in [0.1, 0.15) is 5.76 Å². The number of rotatable bonds is 4. The van der Waals surface area contributed by atoms with Crippen LogP contribution in [-0.2, 0) is 11.2 Å². The van der Waals surface area contributed by atoms with E-state index in [-0.39, 0.29) is 5.91 Å². The van der Waals surface area contributed by atoms with Crippen molar-refractivity contribution < 1.29 is 9.32 Å². The second kappa shape index (κ2) is 6.52. The summed E-state index contributed by atoms with van der Waals surface area (Å²) in [6.07, 6.45) is 2.22. The number of nitrogens with zero attached hydrogens (tertiary/aromatic N) is 1. The van der Waals surface area contributed by atoms with E-state index in [2.05, 4.69) is 15.5 Å². The first-order valence-electron chi connectivity index (χ1n) is 8.50. The number of aromatic nitrogens is 2. The van der Waals surface area contributed by atoms with E-state index in [0.717, 1.165) is 44.7 Å². The Morgan fingerprint density at radius 1 is 1.12 bits per heavy atom. The van der Waals surface area contributed by atoms with Gasteiger partial charge in [-0.1, -0.05) is 35.5 Å². The molecule has 0 atom stereocenters. The van der Waals surface area contributed by atoms with Gasteiger partial charge >= 0.3 is 0 Å². The lowest BCUT2D eigenvalue weighted by atomic mass is 10.0. The van der Waals surface area contributed by atoms with Crippen molar-refractivity contribution in [1.29, 1.82) is 0 Å². The van der Waals surface area contributed by atoms with Gasteiger partial charge in [-0.05, 0) is 43.2 Å². The fourth-order valence-corrected chi connectivity index (χ4v) is 3.27. The Hall–Kier alpha value is -3.34. The first-order chi connectivity index (χ1) is 12.6. The summed E-state index contributed by atoms with van der Waals surface area (Å²) >= 11 is 0. The molecule has 2 aromatic heterocycles. The van der Waals surface area contributed by atoms with Gasteiger partial charge in [0.25, 0.3) is 0 Å². The highest BCUT2D eigenvalue weighted by Crippen LogP contribution is 2.28. The van der Waals surface area contributed by atoms with Gasteiger partial charge in [0.2, 0.25) is 5.91 Å². The number of benzene rings is 2. The molecule has 26 heavy (non-hydrogen) atoms. The molecule has 0 aliphatic rings. The summed E-state index contributed by atoms with van der Waals surface area (Å²) in [6, 6.07) is 15.7. The summed E-state index contributed by atoms with van der Waals surface area (Å²) in [5.74, 6) is 0.749. The first-order valence-corrected chi connectivity index (χ1v) is 8.50. The number of aryl methyl sites for hydroxylation is 2. The molecule has 2 aromatic carbocycles. The number of amides is 1. The van der Waals surface area contributed by atoms with E-state index in [9.17, 15) is 4.79 Å². The van der Waals surface area contributed by atoms with E-state index in [0.29, 0.717) is 6.42 Å². The molecule has 1 amide bonds. The van der Waals surface area contributed by atoms with Gasteiger partial charge < -0.3 is 14.8 Å². The molecule has 5 nitrogen and oxygen atoms in total. The normalized spacial score (nSPS) is 11.0. The highest BCUT2D eigenvalue weighted by molar-refractivity contribution is 5.96. The maximum atomic E-state index is 12.4. The Morgan fingerprint density at radius 3 is 2.62 bits per heavy atom. The molecule has 0 bridgehead atoms. The Bertz CT molecular complexity index is 1050. The van der Waals surface area contributed by atoms with Crippen LogP contribution in [0.1, 0.15) is 17.0 Å². The van der Waals surface area contributed by atoms with Crippen LogP contribution in [0.2, 0.25) is 0 Å². The molecule has 0 radical (unpaired) electrons. The summed E-state index contributed by atoms with van der Waals surface area (Å²) in [7, 11) is 0. The molecule has 0 unspecified atom stereocenters. The Balaban J connectivity index is 1.48. The standard InChI is InChI=1S/C21H19N3O2/c1-13-21(14(2)26-24-13)15-7-9-17(10-8-15)23-20(25)11-16-12-22-19-6-4-3-5-18(16)19/h3-10,12,22H,11H2,1-2H3,(H,23,25). The average Bonchev–Trinajstić information content (AvgIpc) is 3.19. The van der Waals surface area contributed by atoms with Gasteiger partial charge in [-0.25, -0.2) is 0 Å². The van der Waals surface area contributed by atoms with Crippen LogP contribution in [0.25, 0.3) is 22.0 Å². The Morgan fingerprint density at radius 2 is 1.88 bits per heavy atom. The topological polar surface area (TPSA) is 70.9 Å². The van der Waals surface area contributed by atoms with E-state index in [1.807, 2.05) is 68.6 Å². The lowest BCUT2D eigenvalue weighted by molar-refractivity contribution is -0.115. The van der Waals surface area contributed by atoms with Crippen LogP contribution >= 0.6 is 0 Å². The average molecular weight is 345 g/mol. The summed E-state index contributed by atoms with van der Waals surface area (Å²) in [4.78, 5) is 15.6. The third-order valence-electron chi connectivity index (χ3n) is 4.52. The van der Waals surface area contributed by atoms with Gasteiger partial charge in [-0.2, -0.15) is 0 Å². The third kappa shape index (κ3) is 2.99. The molecule has 0 fully saturated rings. The van der Waals surface area contributed by atoms with Crippen molar-refractivity contribution in [2.24, 2.45) is 0 Å². The van der Waals surface area contributed by atoms with Crippen LogP contribution in [0, 0.1) is 13.8 Å². The van der Waals surface area contributed by atoms with E-state index < -0.39 is 0 Å². The van der Waals surface area contributed by atoms with Crippen molar-refractivity contribution in [2.45, 2.75) is 20.3 Å². The summed E-state index contributed by atoms with van der Waals surface area (Å²) in [5.41, 5.74) is 5.69. The van der Waals surface area contributed by atoms with E-state index in [1.165, 1.54) is 0 Å². The molecular weight excluding hydrogens is 326 g/mol. The molecule has 2 heterocycles. The summed E-state index contributed by atoms with van der Waals surface area (Å²) in [6.45, 7) is 3.81. The molecule has 5 heteroatoms. The number of para-hydroxylation sites is 1. The monoisotopic (exact) mass is 345 g/mol. The number of anilines is 1. The van der Waals surface area contributed by atoms with Crippen molar-refractivity contribution in [3.8, 4) is 11.1 Å². The molecular formula is C21H19N3O2. The predicted octanol–water partition coefficient (Wildman–Crippen LogP) is 4.62. The maximum absolute atomic E-state index is 12.4. The minimum Gasteiger partial charge on any atom is -0.361 e. The van der Waals surface area contributed by atoms with Crippen LogP contribution in [0.15, 0.2) is 59.3 Å². The molecule has 0 aliphatic carbocycles. The number of carbonyl (C=O) groups excluding carboxylic acids is 1. The molecule has 130 valence electrons. The van der Waals surface area contributed by atoms with Crippen molar-refractivity contribution in [3.63, 3.8) is 0 Å². The lowest BCUT2D eigenvalue weighted by Gasteiger charge is -2.06. The Kier molecular flexibility index (Phi) is 4.05. The summed E-state index contributed by atoms with van der Waals surface area (Å²) < 4.78 is 5.22. The Labute approximate surface area is 151 Å². The van der Waals surface area contributed by atoms with Crippen LogP contribution in [0.4, 0.5) is 5.69 Å². The number of carbonyl (C=O) groups is 1. The van der Waals surface area contributed by atoms with Gasteiger partial charge in [-0.15, -0.1) is 0 Å². The van der Waals surface area contributed by atoms with Crippen LogP contribution in [0.3, 0.4) is 0 Å². The molecule has 0 aliphatic heterocycles. The van der Waals surface area contributed by atoms with Crippen LogP contribution in [-0.4, -0.2) is 16.0 Å². The minimum atomic E-state index is -0.0418. The third-order valence-corrected chi connectivity index (χ3v) is 4.52. The van der Waals surface area contributed by atoms with Crippen molar-refractivity contribution in [2.75, 3.05) is 5.32 Å². The van der Waals surface area contributed by atoms with Gasteiger partial charge in [-0.3, -0.25) is 4.79 Å². The number of hydrogen-bond donors (Lipinski definition) is 2. The number of nitrogens with one attached hydrogen (secondary N) is 2. The smallest absolute Gasteiger partial charge is 0.228 e. The van der Waals surface area contributed by atoms with Gasteiger partial charge in [0.15, 0.2) is 0 Å². The predicted molar refractivity (Wildman–Crippen MR) is 102 cm³/mol. The van der Waals surface area contributed by atoms with E-state index in [1.54, 1.807) is 0 Å². The first kappa shape index (κ1) is 16.1. The number of aromatic amines is 1. The maximum Gasteiger partial charge on any atom is 0.228 e. The van der Waals surface area contributed by atoms with Gasteiger partial charge in [0.05, 0.1) is 12.1 Å². The fourth-order valence-electron chi connectivity index (χ4n) is 3.27. The molecule has 0 saturated carbocycles. The van der Waals surface area contributed by atoms with Crippen LogP contribution in [0.5, 0.6) is 0 Å². The quantitative estimate of drug-likeness (QED) is 0.567. The SMILES string of the molecule is Cc1noc(C)c1-c1ccc(NC(=O)Cc2c[nH]c3ccccc23)cc1. The highest BCUT2D eigenvalue weighted by atomic mass is 16.5. The minimum absolute atomic E-state index is 0.0418. The number of fused-ring (bicyclic) bond motifs is 1. The van der Waals surface area contributed by atoms with Crippen LogP contribution < -0.4 is 5.32 Å². The molecule has 0 spiro atoms. The lowest BCUT2D eigenvalue weighted by Crippen LogP contribution is -2.14. The second-order valence-corrected chi connectivity index (χ2v) is 6.36. The number of H-pyrrole nitrogens is 1. The van der Waals surface area contributed by atoms with Crippen molar-refractivity contribution >= 4 is 22.5 Å². The largest absolute Gasteiger partial charge is 0.361 e. The molecule has 4 rings (SSSR count). The molecule has 4 aromatic rings. The second-order valence-electron chi connectivity index (χ2n) is 6.36. The number of hydrogen-bond acceptors (Lipinski definition) is 3. The fraction of sp³-hybridized carbons (Fsp3) is 0.143. The van der Waals surface area contributed by atoms with Crippen molar-refractivity contribution in [3.05, 3.63) is 71.7 Å². The molecule has 0 saturated heterocycles. The zero-order valence-electron chi connectivity index (χ0n) is 14.7. The summed E-state index contributed by atoms with van der Waals surface area (Å²) in [5, 5.41) is 8.02. The zero-order valence-corrected chi connectivity index (χ0v) is 14.7. The highest BCUT2D eigenvalue weighted by Gasteiger charge is 2.12. The van der Waals surface area contributed by atoms with E-state index >= 15 is 0 Å². The molecule has 2 N–H and O–H groups in total.